The zero-order chi connectivity index (χ0) is 13.5. The maximum atomic E-state index is 9.21. The third-order valence-electron chi connectivity index (χ3n) is 3.19. The number of aliphatic hydroxyl groups excluding tert-OH is 1. The zero-order valence-electron chi connectivity index (χ0n) is 11.4. The van der Waals surface area contributed by atoms with E-state index < -0.39 is 0 Å². The summed E-state index contributed by atoms with van der Waals surface area (Å²) in [5, 5.41) is 9.21. The molecule has 4 nitrogen and oxygen atoms in total. The van der Waals surface area contributed by atoms with Crippen molar-refractivity contribution in [1.82, 2.24) is 14.5 Å². The summed E-state index contributed by atoms with van der Waals surface area (Å²) < 4.78 is 2.13. The third-order valence-corrected chi connectivity index (χ3v) is 3.19. The average molecular weight is 259 g/mol. The first-order valence-corrected chi connectivity index (χ1v) is 6.69. The topological polar surface area (TPSA) is 41.3 Å². The lowest BCUT2D eigenvalue weighted by Crippen LogP contribution is -2.27. The van der Waals surface area contributed by atoms with Crippen molar-refractivity contribution >= 4 is 0 Å². The fourth-order valence-corrected chi connectivity index (χ4v) is 2.19. The Morgan fingerprint density at radius 1 is 1.21 bits per heavy atom. The minimum Gasteiger partial charge on any atom is -0.395 e. The first-order valence-electron chi connectivity index (χ1n) is 6.69. The van der Waals surface area contributed by atoms with Crippen LogP contribution in [0.4, 0.5) is 0 Å². The molecule has 19 heavy (non-hydrogen) atoms. The van der Waals surface area contributed by atoms with E-state index in [0.29, 0.717) is 6.54 Å². The molecule has 0 saturated carbocycles. The second kappa shape index (κ2) is 7.07. The summed E-state index contributed by atoms with van der Waals surface area (Å²) >= 11 is 0. The number of hydrogen-bond donors (Lipinski definition) is 1. The molecule has 1 aromatic heterocycles. The molecule has 0 spiro atoms. The van der Waals surface area contributed by atoms with Crippen molar-refractivity contribution in [3.8, 4) is 0 Å². The van der Waals surface area contributed by atoms with Gasteiger partial charge in [0.15, 0.2) is 0 Å². The number of imidazole rings is 1. The van der Waals surface area contributed by atoms with Crippen LogP contribution in [0, 0.1) is 0 Å². The van der Waals surface area contributed by atoms with E-state index in [9.17, 15) is 5.11 Å². The van der Waals surface area contributed by atoms with Crippen LogP contribution in [-0.2, 0) is 19.6 Å². The second-order valence-electron chi connectivity index (χ2n) is 4.59. The maximum absolute atomic E-state index is 9.21. The predicted octanol–water partition coefficient (Wildman–Crippen LogP) is 1.90. The average Bonchev–Trinajstić information content (AvgIpc) is 2.87. The van der Waals surface area contributed by atoms with E-state index in [4.69, 9.17) is 0 Å². The van der Waals surface area contributed by atoms with E-state index in [1.165, 1.54) is 11.3 Å². The Balaban J connectivity index is 2.04. The highest BCUT2D eigenvalue weighted by Gasteiger charge is 2.09. The van der Waals surface area contributed by atoms with Crippen LogP contribution < -0.4 is 0 Å². The van der Waals surface area contributed by atoms with E-state index in [1.54, 1.807) is 0 Å². The van der Waals surface area contributed by atoms with Gasteiger partial charge in [-0.15, -0.1) is 0 Å². The van der Waals surface area contributed by atoms with Gasteiger partial charge >= 0.3 is 0 Å². The quantitative estimate of drug-likeness (QED) is 0.825. The Morgan fingerprint density at radius 3 is 2.68 bits per heavy atom. The fourth-order valence-electron chi connectivity index (χ4n) is 2.19. The standard InChI is InChI=1S/C15H21N3O/c1-2-18-13-16-10-15(18)12-17(8-9-19)11-14-6-4-3-5-7-14/h3-7,10,13,19H,2,8-9,11-12H2,1H3. The smallest absolute Gasteiger partial charge is 0.0948 e. The summed E-state index contributed by atoms with van der Waals surface area (Å²) in [5.74, 6) is 0. The van der Waals surface area contributed by atoms with Crippen molar-refractivity contribution < 1.29 is 5.11 Å². The molecule has 4 heteroatoms. The molecule has 0 aliphatic carbocycles. The summed E-state index contributed by atoms with van der Waals surface area (Å²) in [6.45, 7) is 5.53. The normalized spacial score (nSPS) is 11.1. The van der Waals surface area contributed by atoms with Gasteiger partial charge in [0.05, 0.1) is 18.6 Å². The number of aryl methyl sites for hydroxylation is 1. The molecule has 0 bridgehead atoms. The van der Waals surface area contributed by atoms with E-state index in [1.807, 2.05) is 30.7 Å². The molecule has 1 aromatic carbocycles. The molecule has 0 aliphatic rings. The van der Waals surface area contributed by atoms with Crippen LogP contribution in [0.5, 0.6) is 0 Å². The largest absolute Gasteiger partial charge is 0.395 e. The summed E-state index contributed by atoms with van der Waals surface area (Å²) in [5.41, 5.74) is 2.45. The number of hydrogen-bond acceptors (Lipinski definition) is 3. The van der Waals surface area contributed by atoms with Gasteiger partial charge in [0.2, 0.25) is 0 Å². The van der Waals surface area contributed by atoms with Crippen LogP contribution in [0.1, 0.15) is 18.2 Å². The predicted molar refractivity (Wildman–Crippen MR) is 75.5 cm³/mol. The molecule has 0 radical (unpaired) electrons. The number of benzene rings is 1. The zero-order valence-corrected chi connectivity index (χ0v) is 11.4. The summed E-state index contributed by atoms with van der Waals surface area (Å²) in [7, 11) is 0. The first kappa shape index (κ1) is 13.8. The number of aromatic nitrogens is 2. The summed E-state index contributed by atoms with van der Waals surface area (Å²) in [6, 6.07) is 10.3. The van der Waals surface area contributed by atoms with Crippen molar-refractivity contribution in [2.24, 2.45) is 0 Å². The van der Waals surface area contributed by atoms with E-state index >= 15 is 0 Å². The molecule has 1 N–H and O–H groups in total. The van der Waals surface area contributed by atoms with Crippen LogP contribution in [-0.4, -0.2) is 32.7 Å². The van der Waals surface area contributed by atoms with Crippen LogP contribution in [0.3, 0.4) is 0 Å². The van der Waals surface area contributed by atoms with Gasteiger partial charge < -0.3 is 9.67 Å². The monoisotopic (exact) mass is 259 g/mol. The van der Waals surface area contributed by atoms with Gasteiger partial charge in [0.25, 0.3) is 0 Å². The molecule has 2 rings (SSSR count). The molecule has 0 amide bonds. The minimum absolute atomic E-state index is 0.174. The van der Waals surface area contributed by atoms with Crippen LogP contribution in [0.25, 0.3) is 0 Å². The van der Waals surface area contributed by atoms with Crippen LogP contribution in [0.2, 0.25) is 0 Å². The number of aliphatic hydroxyl groups is 1. The lowest BCUT2D eigenvalue weighted by atomic mass is 10.2. The fraction of sp³-hybridized carbons (Fsp3) is 0.400. The first-order chi connectivity index (χ1) is 9.33. The van der Waals surface area contributed by atoms with Gasteiger partial charge in [0.1, 0.15) is 0 Å². The molecular formula is C15H21N3O. The molecule has 0 saturated heterocycles. The Bertz CT molecular complexity index is 481. The highest BCUT2D eigenvalue weighted by Crippen LogP contribution is 2.09. The van der Waals surface area contributed by atoms with Gasteiger partial charge in [-0.2, -0.15) is 0 Å². The molecular weight excluding hydrogens is 238 g/mol. The molecule has 1 heterocycles. The Kier molecular flexibility index (Phi) is 5.12. The van der Waals surface area contributed by atoms with E-state index in [2.05, 4.69) is 33.5 Å². The van der Waals surface area contributed by atoms with Crippen molar-refractivity contribution in [3.05, 3.63) is 54.1 Å². The Labute approximate surface area is 114 Å². The van der Waals surface area contributed by atoms with E-state index in [-0.39, 0.29) is 6.61 Å². The van der Waals surface area contributed by atoms with Gasteiger partial charge in [-0.3, -0.25) is 4.90 Å². The number of nitrogens with zero attached hydrogens (tertiary/aromatic N) is 3. The Hall–Kier alpha value is -1.65. The van der Waals surface area contributed by atoms with Crippen LogP contribution in [0.15, 0.2) is 42.9 Å². The molecule has 102 valence electrons. The molecule has 0 aliphatic heterocycles. The SMILES string of the molecule is CCn1cncc1CN(CCO)Cc1ccccc1. The molecule has 0 fully saturated rings. The number of rotatable bonds is 7. The minimum atomic E-state index is 0.174. The van der Waals surface area contributed by atoms with Crippen molar-refractivity contribution in [3.63, 3.8) is 0 Å². The van der Waals surface area contributed by atoms with Gasteiger partial charge in [-0.05, 0) is 12.5 Å². The third kappa shape index (κ3) is 3.91. The molecule has 0 unspecified atom stereocenters. The van der Waals surface area contributed by atoms with Crippen LogP contribution >= 0.6 is 0 Å². The van der Waals surface area contributed by atoms with Gasteiger partial charge in [-0.25, -0.2) is 4.98 Å². The van der Waals surface area contributed by atoms with E-state index in [0.717, 1.165) is 19.6 Å². The van der Waals surface area contributed by atoms with Crippen molar-refractivity contribution in [1.29, 1.82) is 0 Å². The molecule has 2 aromatic rings. The summed E-state index contributed by atoms with van der Waals surface area (Å²) in [4.78, 5) is 6.42. The highest BCUT2D eigenvalue weighted by atomic mass is 16.3. The van der Waals surface area contributed by atoms with Gasteiger partial charge in [0, 0.05) is 32.4 Å². The van der Waals surface area contributed by atoms with Crippen molar-refractivity contribution in [2.45, 2.75) is 26.6 Å². The summed E-state index contributed by atoms with van der Waals surface area (Å²) in [6.07, 6.45) is 3.76. The van der Waals surface area contributed by atoms with Gasteiger partial charge in [-0.1, -0.05) is 30.3 Å². The maximum Gasteiger partial charge on any atom is 0.0948 e. The van der Waals surface area contributed by atoms with Crippen molar-refractivity contribution in [2.75, 3.05) is 13.2 Å². The second-order valence-corrected chi connectivity index (χ2v) is 4.59. The Morgan fingerprint density at radius 2 is 2.00 bits per heavy atom. The lowest BCUT2D eigenvalue weighted by molar-refractivity contribution is 0.181. The lowest BCUT2D eigenvalue weighted by Gasteiger charge is -2.21. The molecule has 0 atom stereocenters. The highest BCUT2D eigenvalue weighted by molar-refractivity contribution is 5.14.